The Hall–Kier alpha value is -2.27. The predicted octanol–water partition coefficient (Wildman–Crippen LogP) is 4.04. The number of anilines is 2. The number of hydrogen-bond acceptors (Lipinski definition) is 4. The monoisotopic (exact) mass is 342 g/mol. The smallest absolute Gasteiger partial charge is 0.234 e. The van der Waals surface area contributed by atoms with Crippen LogP contribution in [-0.2, 0) is 4.79 Å². The predicted molar refractivity (Wildman–Crippen MR) is 102 cm³/mol. The molecule has 0 unspecified atom stereocenters. The Balaban J connectivity index is 1.85. The molecular formula is C19H22N2O2S. The van der Waals surface area contributed by atoms with E-state index in [1.807, 2.05) is 42.5 Å². The van der Waals surface area contributed by atoms with Crippen LogP contribution in [0.25, 0.3) is 0 Å². The maximum absolute atomic E-state index is 12.0. The third-order valence-electron chi connectivity index (χ3n) is 3.62. The zero-order valence-corrected chi connectivity index (χ0v) is 14.8. The molecule has 0 heterocycles. The third kappa shape index (κ3) is 5.13. The molecule has 1 amide bonds. The maximum atomic E-state index is 12.0. The molecule has 0 atom stereocenters. The van der Waals surface area contributed by atoms with Gasteiger partial charge in [0, 0.05) is 30.0 Å². The van der Waals surface area contributed by atoms with Crippen molar-refractivity contribution in [1.82, 2.24) is 0 Å². The number of carbonyl (C=O) groups excluding carboxylic acids is 2. The van der Waals surface area contributed by atoms with Gasteiger partial charge in [-0.15, -0.1) is 0 Å². The van der Waals surface area contributed by atoms with E-state index in [4.69, 9.17) is 0 Å². The van der Waals surface area contributed by atoms with Crippen LogP contribution < -0.4 is 10.2 Å². The summed E-state index contributed by atoms with van der Waals surface area (Å²) in [5, 5.41) is 2.73. The van der Waals surface area contributed by atoms with Gasteiger partial charge in [-0.2, -0.15) is 0 Å². The molecular weight excluding hydrogens is 320 g/mol. The second-order valence-electron chi connectivity index (χ2n) is 5.21. The number of benzene rings is 2. The first kappa shape index (κ1) is 18.1. The molecule has 4 nitrogen and oxygen atoms in total. The van der Waals surface area contributed by atoms with Crippen molar-refractivity contribution < 1.29 is 9.59 Å². The van der Waals surface area contributed by atoms with Crippen LogP contribution in [0.3, 0.4) is 0 Å². The van der Waals surface area contributed by atoms with Gasteiger partial charge in [-0.05, 0) is 38.1 Å². The Morgan fingerprint density at radius 2 is 1.58 bits per heavy atom. The van der Waals surface area contributed by atoms with E-state index in [0.717, 1.165) is 36.2 Å². The van der Waals surface area contributed by atoms with Crippen LogP contribution in [0.5, 0.6) is 0 Å². The number of thioether (sulfide) groups is 1. The lowest BCUT2D eigenvalue weighted by molar-refractivity contribution is -0.113. The largest absolute Gasteiger partial charge is 0.372 e. The maximum Gasteiger partial charge on any atom is 0.234 e. The van der Waals surface area contributed by atoms with E-state index in [2.05, 4.69) is 24.1 Å². The van der Waals surface area contributed by atoms with Gasteiger partial charge in [0.05, 0.1) is 5.75 Å². The zero-order valence-electron chi connectivity index (χ0n) is 14.0. The number of rotatable bonds is 7. The molecule has 0 spiro atoms. The Kier molecular flexibility index (Phi) is 6.88. The molecule has 1 N–H and O–H groups in total. The van der Waals surface area contributed by atoms with Crippen molar-refractivity contribution in [1.29, 1.82) is 0 Å². The summed E-state index contributed by atoms with van der Waals surface area (Å²) in [7, 11) is 0. The Bertz CT molecular complexity index is 668. The fourth-order valence-electron chi connectivity index (χ4n) is 2.33. The summed E-state index contributed by atoms with van der Waals surface area (Å²) in [6.45, 7) is 6.11. The molecule has 2 rings (SSSR count). The molecule has 0 fully saturated rings. The summed E-state index contributed by atoms with van der Waals surface area (Å²) >= 11 is 1.01. The quantitative estimate of drug-likeness (QED) is 0.825. The van der Waals surface area contributed by atoms with Crippen LogP contribution in [-0.4, -0.2) is 29.9 Å². The Morgan fingerprint density at radius 1 is 0.958 bits per heavy atom. The van der Waals surface area contributed by atoms with Gasteiger partial charge in [-0.1, -0.05) is 42.1 Å². The highest BCUT2D eigenvalue weighted by atomic mass is 32.2. The lowest BCUT2D eigenvalue weighted by Crippen LogP contribution is -2.21. The Labute approximate surface area is 147 Å². The van der Waals surface area contributed by atoms with E-state index in [0.29, 0.717) is 5.56 Å². The summed E-state index contributed by atoms with van der Waals surface area (Å²) in [4.78, 5) is 26.2. The first-order valence-corrected chi connectivity index (χ1v) is 8.99. The van der Waals surface area contributed by atoms with E-state index >= 15 is 0 Å². The van der Waals surface area contributed by atoms with Crippen molar-refractivity contribution in [2.75, 3.05) is 29.1 Å². The molecule has 0 aromatic heterocycles. The zero-order chi connectivity index (χ0) is 17.4. The molecule has 0 aliphatic rings. The lowest BCUT2D eigenvalue weighted by atomic mass is 10.2. The first-order valence-electron chi connectivity index (χ1n) is 8.01. The van der Waals surface area contributed by atoms with Crippen LogP contribution in [0.1, 0.15) is 24.2 Å². The van der Waals surface area contributed by atoms with Gasteiger partial charge in [0.1, 0.15) is 0 Å². The molecule has 24 heavy (non-hydrogen) atoms. The molecule has 0 aliphatic heterocycles. The van der Waals surface area contributed by atoms with E-state index < -0.39 is 0 Å². The van der Waals surface area contributed by atoms with Crippen molar-refractivity contribution in [3.05, 3.63) is 60.2 Å². The molecule has 0 aliphatic carbocycles. The number of amides is 1. The molecule has 126 valence electrons. The summed E-state index contributed by atoms with van der Waals surface area (Å²) in [5.74, 6) is -0.0780. The van der Waals surface area contributed by atoms with Crippen LogP contribution in [0.15, 0.2) is 54.6 Å². The minimum atomic E-state index is -0.181. The van der Waals surface area contributed by atoms with Crippen LogP contribution in [0.2, 0.25) is 0 Å². The SMILES string of the molecule is CCN(CC)c1ccc(NC(=O)CSC(=O)c2ccccc2)cc1. The summed E-state index contributed by atoms with van der Waals surface area (Å²) in [5.41, 5.74) is 2.48. The second kappa shape index (κ2) is 9.13. The van der Waals surface area contributed by atoms with Gasteiger partial charge < -0.3 is 10.2 Å². The summed E-state index contributed by atoms with van der Waals surface area (Å²) < 4.78 is 0. The standard InChI is InChI=1S/C19H22N2O2S/c1-3-21(4-2)17-12-10-16(11-13-17)20-18(22)14-24-19(23)15-8-6-5-7-9-15/h5-13H,3-4,14H2,1-2H3,(H,20,22). The van der Waals surface area contributed by atoms with Gasteiger partial charge >= 0.3 is 0 Å². The molecule has 2 aromatic rings. The average Bonchev–Trinajstić information content (AvgIpc) is 2.63. The van der Waals surface area contributed by atoms with Crippen molar-refractivity contribution in [3.8, 4) is 0 Å². The van der Waals surface area contributed by atoms with Crippen molar-refractivity contribution >= 4 is 34.2 Å². The fourth-order valence-corrected chi connectivity index (χ4v) is 2.97. The van der Waals surface area contributed by atoms with Gasteiger partial charge in [0.25, 0.3) is 0 Å². The molecule has 5 heteroatoms. The van der Waals surface area contributed by atoms with E-state index in [1.54, 1.807) is 12.1 Å². The van der Waals surface area contributed by atoms with Crippen LogP contribution in [0.4, 0.5) is 11.4 Å². The topological polar surface area (TPSA) is 49.4 Å². The molecule has 0 saturated heterocycles. The first-order chi connectivity index (χ1) is 11.6. The second-order valence-corrected chi connectivity index (χ2v) is 6.16. The molecule has 0 radical (unpaired) electrons. The summed E-state index contributed by atoms with van der Waals surface area (Å²) in [6.07, 6.45) is 0. The fraction of sp³-hybridized carbons (Fsp3) is 0.263. The third-order valence-corrected chi connectivity index (χ3v) is 4.53. The van der Waals surface area contributed by atoms with Gasteiger partial charge in [0.2, 0.25) is 11.0 Å². The molecule has 0 bridgehead atoms. The number of hydrogen-bond donors (Lipinski definition) is 1. The van der Waals surface area contributed by atoms with E-state index in [9.17, 15) is 9.59 Å². The number of nitrogens with one attached hydrogen (secondary N) is 1. The highest BCUT2D eigenvalue weighted by Crippen LogP contribution is 2.18. The van der Waals surface area contributed by atoms with Crippen LogP contribution >= 0.6 is 11.8 Å². The normalized spacial score (nSPS) is 10.2. The summed E-state index contributed by atoms with van der Waals surface area (Å²) in [6, 6.07) is 16.7. The van der Waals surface area contributed by atoms with Crippen molar-refractivity contribution in [2.45, 2.75) is 13.8 Å². The molecule has 2 aromatic carbocycles. The minimum Gasteiger partial charge on any atom is -0.372 e. The lowest BCUT2D eigenvalue weighted by Gasteiger charge is -2.21. The van der Waals surface area contributed by atoms with Crippen molar-refractivity contribution in [3.63, 3.8) is 0 Å². The molecule has 0 saturated carbocycles. The number of carbonyl (C=O) groups is 2. The Morgan fingerprint density at radius 3 is 2.17 bits per heavy atom. The highest BCUT2D eigenvalue weighted by Gasteiger charge is 2.10. The van der Waals surface area contributed by atoms with Crippen molar-refractivity contribution in [2.24, 2.45) is 0 Å². The van der Waals surface area contributed by atoms with E-state index in [-0.39, 0.29) is 16.8 Å². The highest BCUT2D eigenvalue weighted by molar-refractivity contribution is 8.14. The van der Waals surface area contributed by atoms with Gasteiger partial charge in [0.15, 0.2) is 0 Å². The number of nitrogens with zero attached hydrogens (tertiary/aromatic N) is 1. The van der Waals surface area contributed by atoms with Gasteiger partial charge in [-0.3, -0.25) is 9.59 Å². The van der Waals surface area contributed by atoms with Gasteiger partial charge in [-0.25, -0.2) is 0 Å². The van der Waals surface area contributed by atoms with Crippen LogP contribution in [0, 0.1) is 0 Å². The van der Waals surface area contributed by atoms with E-state index in [1.165, 1.54) is 0 Å². The average molecular weight is 342 g/mol. The minimum absolute atomic E-state index is 0.0948.